The van der Waals surface area contributed by atoms with Gasteiger partial charge in [-0.1, -0.05) is 11.2 Å². The molecule has 7 nitrogen and oxygen atoms in total. The van der Waals surface area contributed by atoms with Gasteiger partial charge in [-0.05, 0) is 12.1 Å². The van der Waals surface area contributed by atoms with E-state index in [0.717, 1.165) is 5.69 Å². The van der Waals surface area contributed by atoms with Crippen LogP contribution in [0.3, 0.4) is 0 Å². The molecule has 1 aromatic heterocycles. The highest BCUT2D eigenvalue weighted by Gasteiger charge is 2.46. The van der Waals surface area contributed by atoms with Crippen molar-refractivity contribution in [3.05, 3.63) is 30.1 Å². The average Bonchev–Trinajstić information content (AvgIpc) is 3.07. The standard InChI is InChI=1S/C15H18N4O3/c1-18(2)15(21)14-11-8-19(9-12(11)22-17-14)13(20)7-10-5-3-4-6-16-10/h3-6,11-12H,7-9H2,1-2H3/t11-,12+/m0/s1. The lowest BCUT2D eigenvalue weighted by atomic mass is 10.00. The molecule has 116 valence electrons. The molecule has 0 radical (unpaired) electrons. The van der Waals surface area contributed by atoms with Gasteiger partial charge in [-0.15, -0.1) is 0 Å². The first kappa shape index (κ1) is 14.5. The highest BCUT2D eigenvalue weighted by atomic mass is 16.6. The van der Waals surface area contributed by atoms with Crippen molar-refractivity contribution in [1.29, 1.82) is 0 Å². The van der Waals surface area contributed by atoms with Gasteiger partial charge in [0, 0.05) is 32.5 Å². The number of rotatable bonds is 3. The fraction of sp³-hybridized carbons (Fsp3) is 0.467. The Balaban J connectivity index is 1.64. The van der Waals surface area contributed by atoms with Gasteiger partial charge < -0.3 is 14.6 Å². The summed E-state index contributed by atoms with van der Waals surface area (Å²) < 4.78 is 0. The van der Waals surface area contributed by atoms with Crippen LogP contribution in [0, 0.1) is 5.92 Å². The lowest BCUT2D eigenvalue weighted by Gasteiger charge is -2.17. The highest BCUT2D eigenvalue weighted by molar-refractivity contribution is 6.40. The molecule has 2 amide bonds. The number of amides is 2. The van der Waals surface area contributed by atoms with Crippen molar-refractivity contribution in [2.45, 2.75) is 12.5 Å². The van der Waals surface area contributed by atoms with Gasteiger partial charge in [0.25, 0.3) is 5.91 Å². The van der Waals surface area contributed by atoms with Crippen LogP contribution in [0.15, 0.2) is 29.6 Å². The quantitative estimate of drug-likeness (QED) is 0.783. The summed E-state index contributed by atoms with van der Waals surface area (Å²) in [5.74, 6) is -0.303. The Labute approximate surface area is 128 Å². The van der Waals surface area contributed by atoms with Gasteiger partial charge in [-0.3, -0.25) is 14.6 Å². The summed E-state index contributed by atoms with van der Waals surface area (Å²) in [5.41, 5.74) is 1.15. The van der Waals surface area contributed by atoms with E-state index in [1.165, 1.54) is 4.90 Å². The summed E-state index contributed by atoms with van der Waals surface area (Å²) in [6, 6.07) is 5.50. The number of carbonyl (C=O) groups is 2. The molecule has 3 rings (SSSR count). The van der Waals surface area contributed by atoms with Gasteiger partial charge in [0.1, 0.15) is 0 Å². The molecule has 7 heteroatoms. The van der Waals surface area contributed by atoms with Crippen molar-refractivity contribution < 1.29 is 14.4 Å². The van der Waals surface area contributed by atoms with Crippen molar-refractivity contribution in [2.24, 2.45) is 11.1 Å². The zero-order valence-electron chi connectivity index (χ0n) is 12.6. The van der Waals surface area contributed by atoms with Crippen LogP contribution in [-0.4, -0.2) is 65.6 Å². The number of carbonyl (C=O) groups excluding carboxylic acids is 2. The van der Waals surface area contributed by atoms with Crippen LogP contribution in [0.4, 0.5) is 0 Å². The van der Waals surface area contributed by atoms with Gasteiger partial charge in [-0.2, -0.15) is 0 Å². The fourth-order valence-electron chi connectivity index (χ4n) is 2.74. The van der Waals surface area contributed by atoms with E-state index in [2.05, 4.69) is 10.1 Å². The number of aromatic nitrogens is 1. The predicted octanol–water partition coefficient (Wildman–Crippen LogP) is -0.0745. The Bertz CT molecular complexity index is 614. The smallest absolute Gasteiger partial charge is 0.271 e. The molecule has 1 fully saturated rings. The van der Waals surface area contributed by atoms with Crippen LogP contribution in [0.25, 0.3) is 0 Å². The Morgan fingerprint density at radius 3 is 2.86 bits per heavy atom. The molecular formula is C15H18N4O3. The van der Waals surface area contributed by atoms with Gasteiger partial charge >= 0.3 is 0 Å². The van der Waals surface area contributed by atoms with E-state index in [1.54, 1.807) is 25.2 Å². The Morgan fingerprint density at radius 1 is 1.36 bits per heavy atom. The highest BCUT2D eigenvalue weighted by Crippen LogP contribution is 2.28. The molecule has 2 atom stereocenters. The van der Waals surface area contributed by atoms with E-state index in [4.69, 9.17) is 4.84 Å². The first-order valence-corrected chi connectivity index (χ1v) is 7.19. The number of hydrogen-bond acceptors (Lipinski definition) is 5. The molecule has 0 bridgehead atoms. The van der Waals surface area contributed by atoms with E-state index in [9.17, 15) is 9.59 Å². The molecule has 0 N–H and O–H groups in total. The zero-order chi connectivity index (χ0) is 15.7. The summed E-state index contributed by atoms with van der Waals surface area (Å²) in [4.78, 5) is 37.1. The van der Waals surface area contributed by atoms with Gasteiger partial charge in [0.15, 0.2) is 11.8 Å². The van der Waals surface area contributed by atoms with Crippen LogP contribution in [0.5, 0.6) is 0 Å². The van der Waals surface area contributed by atoms with E-state index >= 15 is 0 Å². The van der Waals surface area contributed by atoms with E-state index < -0.39 is 0 Å². The number of oxime groups is 1. The number of hydrogen-bond donors (Lipinski definition) is 0. The number of pyridine rings is 1. The maximum absolute atomic E-state index is 12.4. The van der Waals surface area contributed by atoms with Crippen LogP contribution in [0.2, 0.25) is 0 Å². The summed E-state index contributed by atoms with van der Waals surface area (Å²) in [5, 5.41) is 3.89. The van der Waals surface area contributed by atoms with E-state index in [1.807, 2.05) is 18.2 Å². The molecule has 1 aromatic rings. The number of nitrogens with zero attached hydrogens (tertiary/aromatic N) is 4. The minimum Gasteiger partial charge on any atom is -0.389 e. The van der Waals surface area contributed by atoms with Crippen LogP contribution < -0.4 is 0 Å². The first-order chi connectivity index (χ1) is 10.6. The summed E-state index contributed by atoms with van der Waals surface area (Å²) in [6.45, 7) is 0.929. The Morgan fingerprint density at radius 2 is 2.18 bits per heavy atom. The molecule has 3 heterocycles. The van der Waals surface area contributed by atoms with Crippen molar-refractivity contribution in [3.8, 4) is 0 Å². The molecule has 1 saturated heterocycles. The maximum Gasteiger partial charge on any atom is 0.271 e. The third kappa shape index (κ3) is 2.66. The molecule has 0 aliphatic carbocycles. The van der Waals surface area contributed by atoms with Gasteiger partial charge in [0.2, 0.25) is 5.91 Å². The molecule has 0 aromatic carbocycles. The third-order valence-corrected chi connectivity index (χ3v) is 3.94. The normalized spacial score (nSPS) is 22.8. The van der Waals surface area contributed by atoms with Crippen molar-refractivity contribution in [3.63, 3.8) is 0 Å². The molecule has 0 saturated carbocycles. The summed E-state index contributed by atoms with van der Waals surface area (Å²) in [7, 11) is 3.36. The van der Waals surface area contributed by atoms with Crippen LogP contribution >= 0.6 is 0 Å². The SMILES string of the molecule is CN(C)C(=O)C1=NO[C@@H]2CN(C(=O)Cc3ccccn3)C[C@H]12. The molecule has 2 aliphatic heterocycles. The molecule has 0 unspecified atom stereocenters. The van der Waals surface area contributed by atoms with Crippen LogP contribution in [-0.2, 0) is 20.8 Å². The predicted molar refractivity (Wildman–Crippen MR) is 79.0 cm³/mol. The summed E-state index contributed by atoms with van der Waals surface area (Å²) >= 11 is 0. The molecular weight excluding hydrogens is 284 g/mol. The second kappa shape index (κ2) is 5.75. The zero-order valence-corrected chi connectivity index (χ0v) is 12.6. The monoisotopic (exact) mass is 302 g/mol. The number of likely N-dealkylation sites (tertiary alicyclic amines) is 1. The topological polar surface area (TPSA) is 75.1 Å². The molecule has 0 spiro atoms. The first-order valence-electron chi connectivity index (χ1n) is 7.19. The van der Waals surface area contributed by atoms with E-state index in [0.29, 0.717) is 18.8 Å². The minimum absolute atomic E-state index is 0.00616. The molecule has 2 aliphatic rings. The third-order valence-electron chi connectivity index (χ3n) is 3.94. The van der Waals surface area contributed by atoms with Gasteiger partial charge in [0.05, 0.1) is 18.9 Å². The van der Waals surface area contributed by atoms with E-state index in [-0.39, 0.29) is 30.3 Å². The maximum atomic E-state index is 12.4. The van der Waals surface area contributed by atoms with Crippen LogP contribution in [0.1, 0.15) is 5.69 Å². The lowest BCUT2D eigenvalue weighted by molar-refractivity contribution is -0.130. The largest absolute Gasteiger partial charge is 0.389 e. The summed E-state index contributed by atoms with van der Waals surface area (Å²) in [6.07, 6.45) is 1.71. The van der Waals surface area contributed by atoms with Gasteiger partial charge in [-0.25, -0.2) is 0 Å². The van der Waals surface area contributed by atoms with Crippen molar-refractivity contribution in [2.75, 3.05) is 27.2 Å². The lowest BCUT2D eigenvalue weighted by Crippen LogP contribution is -2.37. The molecule has 22 heavy (non-hydrogen) atoms. The Hall–Kier alpha value is -2.44. The minimum atomic E-state index is -0.216. The second-order valence-electron chi connectivity index (χ2n) is 5.72. The number of fused-ring (bicyclic) bond motifs is 1. The second-order valence-corrected chi connectivity index (χ2v) is 5.72. The fourth-order valence-corrected chi connectivity index (χ4v) is 2.74. The van der Waals surface area contributed by atoms with Crippen molar-refractivity contribution in [1.82, 2.24) is 14.8 Å². The Kier molecular flexibility index (Phi) is 3.79. The average molecular weight is 302 g/mol. The van der Waals surface area contributed by atoms with Crippen molar-refractivity contribution >= 4 is 17.5 Å².